The number of nitrogens with one attached hydrogen (secondary N) is 2. The predicted molar refractivity (Wildman–Crippen MR) is 99.9 cm³/mol. The van der Waals surface area contributed by atoms with Gasteiger partial charge in [0.2, 0.25) is 0 Å². The summed E-state index contributed by atoms with van der Waals surface area (Å²) in [6.07, 6.45) is 1.52. The molecular formula is C20H19N3O3. The first-order valence-corrected chi connectivity index (χ1v) is 8.18. The molecule has 0 aliphatic rings. The Bertz CT molecular complexity index is 956. The van der Waals surface area contributed by atoms with Gasteiger partial charge in [0.15, 0.2) is 0 Å². The molecule has 3 aromatic rings. The minimum atomic E-state index is -0.746. The topological polar surface area (TPSA) is 80.3 Å². The molecule has 2 aromatic carbocycles. The molecule has 0 saturated carbocycles. The Morgan fingerprint density at radius 2 is 1.77 bits per heavy atom. The minimum Gasteiger partial charge on any atom is -0.496 e. The van der Waals surface area contributed by atoms with Crippen LogP contribution in [-0.4, -0.2) is 23.9 Å². The molecule has 1 atom stereocenters. The maximum atomic E-state index is 12.2. The molecule has 2 amide bonds. The van der Waals surface area contributed by atoms with Crippen LogP contribution in [0.15, 0.2) is 60.8 Å². The Labute approximate surface area is 151 Å². The first-order valence-electron chi connectivity index (χ1n) is 8.18. The zero-order valence-electron chi connectivity index (χ0n) is 14.5. The van der Waals surface area contributed by atoms with Gasteiger partial charge in [-0.2, -0.15) is 0 Å². The van der Waals surface area contributed by atoms with Crippen molar-refractivity contribution in [3.63, 3.8) is 0 Å². The first-order chi connectivity index (χ1) is 12.6. The highest BCUT2D eigenvalue weighted by Crippen LogP contribution is 2.24. The SMILES string of the molecule is COc1ccccc1C(C)NC(=O)C(=O)Nc1cnc2ccccc2c1. The van der Waals surface area contributed by atoms with Gasteiger partial charge in [-0.05, 0) is 25.1 Å². The molecule has 6 nitrogen and oxygen atoms in total. The van der Waals surface area contributed by atoms with E-state index in [0.717, 1.165) is 16.5 Å². The van der Waals surface area contributed by atoms with Crippen molar-refractivity contribution in [2.75, 3.05) is 12.4 Å². The van der Waals surface area contributed by atoms with Crippen molar-refractivity contribution in [1.82, 2.24) is 10.3 Å². The average Bonchev–Trinajstić information content (AvgIpc) is 2.67. The van der Waals surface area contributed by atoms with Crippen LogP contribution < -0.4 is 15.4 Å². The third-order valence-corrected chi connectivity index (χ3v) is 4.01. The molecule has 132 valence electrons. The normalized spacial score (nSPS) is 11.6. The number of carbonyl (C=O) groups excluding carboxylic acids is 2. The molecule has 0 fully saturated rings. The molecule has 0 saturated heterocycles. The number of hydrogen-bond acceptors (Lipinski definition) is 4. The number of benzene rings is 2. The second kappa shape index (κ2) is 7.65. The molecule has 0 aliphatic heterocycles. The van der Waals surface area contributed by atoms with Gasteiger partial charge in [-0.25, -0.2) is 0 Å². The highest BCUT2D eigenvalue weighted by molar-refractivity contribution is 6.39. The number of aromatic nitrogens is 1. The van der Waals surface area contributed by atoms with Crippen LogP contribution in [0.4, 0.5) is 5.69 Å². The lowest BCUT2D eigenvalue weighted by atomic mass is 10.1. The molecule has 1 aromatic heterocycles. The van der Waals surface area contributed by atoms with E-state index in [9.17, 15) is 9.59 Å². The molecule has 6 heteroatoms. The van der Waals surface area contributed by atoms with Crippen LogP contribution >= 0.6 is 0 Å². The van der Waals surface area contributed by atoms with E-state index in [1.165, 1.54) is 6.20 Å². The van der Waals surface area contributed by atoms with Crippen LogP contribution in [0.5, 0.6) is 5.75 Å². The van der Waals surface area contributed by atoms with E-state index in [0.29, 0.717) is 11.4 Å². The summed E-state index contributed by atoms with van der Waals surface area (Å²) in [5.41, 5.74) is 2.08. The largest absolute Gasteiger partial charge is 0.496 e. The standard InChI is InChI=1S/C20H19N3O3/c1-13(16-8-4-6-10-18(16)26-2)22-19(24)20(25)23-15-11-14-7-3-5-9-17(14)21-12-15/h3-13H,1-2H3,(H,22,24)(H,23,25). The summed E-state index contributed by atoms with van der Waals surface area (Å²) in [4.78, 5) is 28.7. The summed E-state index contributed by atoms with van der Waals surface area (Å²) in [5, 5.41) is 6.13. The molecular weight excluding hydrogens is 330 g/mol. The number of anilines is 1. The van der Waals surface area contributed by atoms with Crippen molar-refractivity contribution < 1.29 is 14.3 Å². The zero-order valence-corrected chi connectivity index (χ0v) is 14.5. The number of hydrogen-bond donors (Lipinski definition) is 2. The molecule has 0 radical (unpaired) electrons. The van der Waals surface area contributed by atoms with E-state index in [-0.39, 0.29) is 6.04 Å². The highest BCUT2D eigenvalue weighted by Gasteiger charge is 2.19. The first kappa shape index (κ1) is 17.4. The van der Waals surface area contributed by atoms with E-state index in [4.69, 9.17) is 4.74 Å². The monoisotopic (exact) mass is 349 g/mol. The lowest BCUT2D eigenvalue weighted by Gasteiger charge is -2.17. The number of pyridine rings is 1. The number of para-hydroxylation sites is 2. The third-order valence-electron chi connectivity index (χ3n) is 4.01. The average molecular weight is 349 g/mol. The fraction of sp³-hybridized carbons (Fsp3) is 0.150. The van der Waals surface area contributed by atoms with Gasteiger partial charge in [-0.3, -0.25) is 14.6 Å². The van der Waals surface area contributed by atoms with Crippen molar-refractivity contribution in [2.45, 2.75) is 13.0 Å². The summed E-state index contributed by atoms with van der Waals surface area (Å²) >= 11 is 0. The Morgan fingerprint density at radius 3 is 2.58 bits per heavy atom. The van der Waals surface area contributed by atoms with Crippen molar-refractivity contribution in [2.24, 2.45) is 0 Å². The van der Waals surface area contributed by atoms with Crippen molar-refractivity contribution in [3.8, 4) is 5.75 Å². The van der Waals surface area contributed by atoms with E-state index >= 15 is 0 Å². The molecule has 2 N–H and O–H groups in total. The van der Waals surface area contributed by atoms with Crippen molar-refractivity contribution >= 4 is 28.4 Å². The van der Waals surface area contributed by atoms with Gasteiger partial charge in [-0.1, -0.05) is 36.4 Å². The van der Waals surface area contributed by atoms with Gasteiger partial charge in [0.05, 0.1) is 30.6 Å². The number of ether oxygens (including phenoxy) is 1. The van der Waals surface area contributed by atoms with Gasteiger partial charge in [0, 0.05) is 10.9 Å². The Morgan fingerprint density at radius 1 is 1.04 bits per heavy atom. The molecule has 3 rings (SSSR count). The van der Waals surface area contributed by atoms with E-state index in [2.05, 4.69) is 15.6 Å². The van der Waals surface area contributed by atoms with Gasteiger partial charge >= 0.3 is 11.8 Å². The Kier molecular flexibility index (Phi) is 5.12. The predicted octanol–water partition coefficient (Wildman–Crippen LogP) is 3.06. The summed E-state index contributed by atoms with van der Waals surface area (Å²) in [6, 6.07) is 16.3. The minimum absolute atomic E-state index is 0.376. The van der Waals surface area contributed by atoms with Crippen LogP contribution in [0.1, 0.15) is 18.5 Å². The lowest BCUT2D eigenvalue weighted by molar-refractivity contribution is -0.136. The van der Waals surface area contributed by atoms with Crippen LogP contribution in [0.25, 0.3) is 10.9 Å². The molecule has 1 unspecified atom stereocenters. The van der Waals surface area contributed by atoms with Gasteiger partial charge < -0.3 is 15.4 Å². The van der Waals surface area contributed by atoms with Crippen LogP contribution in [-0.2, 0) is 9.59 Å². The van der Waals surface area contributed by atoms with E-state index in [1.807, 2.05) is 42.5 Å². The van der Waals surface area contributed by atoms with Crippen LogP contribution in [0, 0.1) is 0 Å². The number of carbonyl (C=O) groups is 2. The summed E-state index contributed by atoms with van der Waals surface area (Å²) < 4.78 is 5.28. The maximum Gasteiger partial charge on any atom is 0.313 e. The quantitative estimate of drug-likeness (QED) is 0.710. The smallest absolute Gasteiger partial charge is 0.313 e. The number of amides is 2. The van der Waals surface area contributed by atoms with Crippen LogP contribution in [0.3, 0.4) is 0 Å². The van der Waals surface area contributed by atoms with E-state index in [1.54, 1.807) is 26.2 Å². The van der Waals surface area contributed by atoms with Gasteiger partial charge in [-0.15, -0.1) is 0 Å². The van der Waals surface area contributed by atoms with E-state index < -0.39 is 11.8 Å². The van der Waals surface area contributed by atoms with Gasteiger partial charge in [0.25, 0.3) is 0 Å². The fourth-order valence-electron chi connectivity index (χ4n) is 2.69. The van der Waals surface area contributed by atoms with Gasteiger partial charge in [0.1, 0.15) is 5.75 Å². The molecule has 0 spiro atoms. The lowest BCUT2D eigenvalue weighted by Crippen LogP contribution is -2.37. The van der Waals surface area contributed by atoms with Crippen LogP contribution in [0.2, 0.25) is 0 Å². The summed E-state index contributed by atoms with van der Waals surface area (Å²) in [5.74, 6) is -0.820. The Balaban J connectivity index is 1.68. The second-order valence-electron chi connectivity index (χ2n) is 5.81. The van der Waals surface area contributed by atoms with Crippen molar-refractivity contribution in [3.05, 3.63) is 66.4 Å². The number of methoxy groups -OCH3 is 1. The number of rotatable bonds is 4. The molecule has 1 heterocycles. The number of fused-ring (bicyclic) bond motifs is 1. The fourth-order valence-corrected chi connectivity index (χ4v) is 2.69. The maximum absolute atomic E-state index is 12.2. The summed E-state index contributed by atoms with van der Waals surface area (Å²) in [6.45, 7) is 1.79. The number of nitrogens with zero attached hydrogens (tertiary/aromatic N) is 1. The molecule has 26 heavy (non-hydrogen) atoms. The zero-order chi connectivity index (χ0) is 18.5. The second-order valence-corrected chi connectivity index (χ2v) is 5.81. The molecule has 0 aliphatic carbocycles. The third kappa shape index (κ3) is 3.80. The van der Waals surface area contributed by atoms with Crippen molar-refractivity contribution in [1.29, 1.82) is 0 Å². The summed E-state index contributed by atoms with van der Waals surface area (Å²) in [7, 11) is 1.56. The highest BCUT2D eigenvalue weighted by atomic mass is 16.5. The Hall–Kier alpha value is -3.41. The molecule has 0 bridgehead atoms.